The smallest absolute Gasteiger partial charge is 0.263 e. The van der Waals surface area contributed by atoms with Gasteiger partial charge in [0.2, 0.25) is 5.95 Å². The normalized spacial score (nSPS) is 18.1. The minimum atomic E-state index is -0.123. The van der Waals surface area contributed by atoms with Crippen LogP contribution >= 0.6 is 11.3 Å². The molecule has 1 unspecified atom stereocenters. The summed E-state index contributed by atoms with van der Waals surface area (Å²) in [7, 11) is 4.03. The zero-order valence-electron chi connectivity index (χ0n) is 25.0. The van der Waals surface area contributed by atoms with Crippen molar-refractivity contribution in [2.75, 3.05) is 38.7 Å². The molecule has 12 heteroatoms. The van der Waals surface area contributed by atoms with Gasteiger partial charge in [0, 0.05) is 62.2 Å². The molecule has 5 aromatic rings. The Labute approximate surface area is 259 Å². The Morgan fingerprint density at radius 2 is 1.91 bits per heavy atom. The number of anilines is 2. The molecule has 0 bridgehead atoms. The van der Waals surface area contributed by atoms with Crippen molar-refractivity contribution >= 4 is 34.0 Å². The number of fused-ring (bicyclic) bond motifs is 1. The second-order valence-electron chi connectivity index (χ2n) is 11.7. The Kier molecular flexibility index (Phi) is 8.11. The Balaban J connectivity index is 1.20. The van der Waals surface area contributed by atoms with Crippen LogP contribution in [0.4, 0.5) is 11.6 Å². The maximum atomic E-state index is 14.2. The fourth-order valence-electron chi connectivity index (χ4n) is 6.07. The van der Waals surface area contributed by atoms with E-state index in [1.54, 1.807) is 16.3 Å². The minimum absolute atomic E-state index is 0.123. The first-order valence-corrected chi connectivity index (χ1v) is 16.1. The predicted molar refractivity (Wildman–Crippen MR) is 172 cm³/mol. The van der Waals surface area contributed by atoms with Gasteiger partial charge in [0.15, 0.2) is 0 Å². The highest BCUT2D eigenvalue weighted by Gasteiger charge is 2.22. The first-order chi connectivity index (χ1) is 21.5. The lowest BCUT2D eigenvalue weighted by Gasteiger charge is -2.30. The van der Waals surface area contributed by atoms with E-state index in [1.807, 2.05) is 53.5 Å². The molecule has 2 saturated heterocycles. The van der Waals surface area contributed by atoms with Crippen molar-refractivity contribution in [3.8, 4) is 28.5 Å². The van der Waals surface area contributed by atoms with Crippen LogP contribution < -0.4 is 15.6 Å². The van der Waals surface area contributed by atoms with Crippen molar-refractivity contribution < 1.29 is 9.47 Å². The molecule has 0 amide bonds. The Morgan fingerprint density at radius 1 is 1.07 bits per heavy atom. The van der Waals surface area contributed by atoms with E-state index in [0.29, 0.717) is 48.7 Å². The summed E-state index contributed by atoms with van der Waals surface area (Å²) in [6, 6.07) is 9.73. The van der Waals surface area contributed by atoms with E-state index >= 15 is 0 Å². The second kappa shape index (κ2) is 12.5. The zero-order chi connectivity index (χ0) is 30.0. The number of piperidine rings is 1. The van der Waals surface area contributed by atoms with Crippen LogP contribution in [0.1, 0.15) is 25.7 Å². The molecule has 6 heterocycles. The van der Waals surface area contributed by atoms with Crippen molar-refractivity contribution in [1.82, 2.24) is 34.0 Å². The summed E-state index contributed by atoms with van der Waals surface area (Å²) in [4.78, 5) is 35.1. The van der Waals surface area contributed by atoms with Crippen LogP contribution in [-0.2, 0) is 18.3 Å². The fraction of sp³-hybridized carbons (Fsp3) is 0.406. The Bertz CT molecular complexity index is 1800. The molecule has 1 aromatic carbocycles. The van der Waals surface area contributed by atoms with Crippen LogP contribution in [0.5, 0.6) is 5.75 Å². The number of nitrogens with zero attached hydrogens (tertiary/aromatic N) is 7. The number of aryl methyl sites for hydroxylation is 1. The number of ether oxygens (including phenoxy) is 2. The highest BCUT2D eigenvalue weighted by Crippen LogP contribution is 2.27. The van der Waals surface area contributed by atoms with E-state index in [0.717, 1.165) is 67.0 Å². The molecule has 1 atom stereocenters. The van der Waals surface area contributed by atoms with Gasteiger partial charge in [-0.3, -0.25) is 9.36 Å². The van der Waals surface area contributed by atoms with Crippen molar-refractivity contribution in [1.29, 1.82) is 0 Å². The monoisotopic (exact) mass is 612 g/mol. The summed E-state index contributed by atoms with van der Waals surface area (Å²) < 4.78 is 15.5. The lowest BCUT2D eigenvalue weighted by atomic mass is 10.00. The average molecular weight is 613 g/mol. The minimum Gasteiger partial charge on any atom is -0.489 e. The lowest BCUT2D eigenvalue weighted by Crippen LogP contribution is -2.38. The van der Waals surface area contributed by atoms with Gasteiger partial charge in [0.1, 0.15) is 34.7 Å². The van der Waals surface area contributed by atoms with Gasteiger partial charge in [0.05, 0.1) is 11.1 Å². The van der Waals surface area contributed by atoms with Crippen LogP contribution in [0.2, 0.25) is 0 Å². The summed E-state index contributed by atoms with van der Waals surface area (Å²) in [5.74, 6) is 2.18. The highest BCUT2D eigenvalue weighted by atomic mass is 32.1. The number of hydrogen-bond acceptors (Lipinski definition) is 10. The van der Waals surface area contributed by atoms with Gasteiger partial charge in [-0.15, -0.1) is 11.3 Å². The molecule has 44 heavy (non-hydrogen) atoms. The summed E-state index contributed by atoms with van der Waals surface area (Å²) in [6.45, 7) is 4.01. The number of hydrogen-bond donors (Lipinski definition) is 1. The number of rotatable bonds is 8. The van der Waals surface area contributed by atoms with Crippen LogP contribution in [0.15, 0.2) is 58.4 Å². The van der Waals surface area contributed by atoms with Crippen LogP contribution in [-0.4, -0.2) is 73.4 Å². The van der Waals surface area contributed by atoms with E-state index < -0.39 is 0 Å². The lowest BCUT2D eigenvalue weighted by molar-refractivity contribution is 0.0613. The van der Waals surface area contributed by atoms with Crippen molar-refractivity contribution in [2.24, 2.45) is 13.0 Å². The summed E-state index contributed by atoms with van der Waals surface area (Å²) >= 11 is 1.51. The van der Waals surface area contributed by atoms with Crippen LogP contribution in [0.3, 0.4) is 0 Å². The third kappa shape index (κ3) is 6.10. The van der Waals surface area contributed by atoms with Gasteiger partial charge in [-0.25, -0.2) is 15.0 Å². The summed E-state index contributed by atoms with van der Waals surface area (Å²) in [6.07, 6.45) is 7.90. The molecule has 0 radical (unpaired) electrons. The second-order valence-corrected chi connectivity index (χ2v) is 12.4. The van der Waals surface area contributed by atoms with Gasteiger partial charge < -0.3 is 24.3 Å². The molecular weight excluding hydrogens is 576 g/mol. The molecule has 0 spiro atoms. The van der Waals surface area contributed by atoms with Crippen LogP contribution in [0.25, 0.3) is 33.8 Å². The third-order valence-electron chi connectivity index (χ3n) is 8.42. The average Bonchev–Trinajstić information content (AvgIpc) is 3.70. The number of aromatic nitrogens is 6. The van der Waals surface area contributed by atoms with E-state index in [9.17, 15) is 4.79 Å². The molecule has 2 aliphatic rings. The quantitative estimate of drug-likeness (QED) is 0.260. The molecule has 1 N–H and O–H groups in total. The molecule has 7 rings (SSSR count). The van der Waals surface area contributed by atoms with E-state index in [2.05, 4.69) is 27.2 Å². The summed E-state index contributed by atoms with van der Waals surface area (Å²) in [5, 5.41) is 6.04. The maximum Gasteiger partial charge on any atom is 0.263 e. The highest BCUT2D eigenvalue weighted by molar-refractivity contribution is 7.07. The maximum absolute atomic E-state index is 14.2. The van der Waals surface area contributed by atoms with Crippen molar-refractivity contribution in [2.45, 2.75) is 38.3 Å². The molecule has 228 valence electrons. The van der Waals surface area contributed by atoms with Gasteiger partial charge in [0.25, 0.3) is 5.56 Å². The topological polar surface area (TPSA) is 112 Å². The van der Waals surface area contributed by atoms with Crippen molar-refractivity contribution in [3.05, 3.63) is 64.0 Å². The zero-order valence-corrected chi connectivity index (χ0v) is 25.8. The summed E-state index contributed by atoms with van der Waals surface area (Å²) in [5.41, 5.74) is 5.13. The number of imidazole rings is 1. The SMILES string of the molecule is CN1CCCC(Oc2ccc(Nc3ncc4cc(-c5nc(-c6cscn6)cn5C)c(=O)n(CC5CCOCC5)c4n3)cc2)C1. The molecule has 4 aromatic heterocycles. The van der Waals surface area contributed by atoms with Gasteiger partial charge in [-0.2, -0.15) is 4.98 Å². The van der Waals surface area contributed by atoms with E-state index in [1.165, 1.54) is 11.3 Å². The number of likely N-dealkylation sites (N-methyl/N-ethyl adjacent to an activating group) is 1. The van der Waals surface area contributed by atoms with Gasteiger partial charge >= 0.3 is 0 Å². The number of pyridine rings is 1. The van der Waals surface area contributed by atoms with Gasteiger partial charge in [-0.1, -0.05) is 0 Å². The molecule has 11 nitrogen and oxygen atoms in total. The first-order valence-electron chi connectivity index (χ1n) is 15.1. The van der Waals surface area contributed by atoms with E-state index in [-0.39, 0.29) is 11.7 Å². The van der Waals surface area contributed by atoms with Crippen LogP contribution in [0, 0.1) is 5.92 Å². The fourth-order valence-corrected chi connectivity index (χ4v) is 6.61. The standard InChI is InChI=1S/C32H36N8O3S/c1-38-11-3-4-25(17-38)43-24-7-5-23(6-8-24)35-32-33-15-22-14-26(30-36-27(18-39(30)2)28-19-44-20-34-28)31(41)40(29(22)37-32)16-21-9-12-42-13-10-21/h5-8,14-15,18-21,25H,3-4,9-13,16-17H2,1-2H3,(H,33,35,37). The number of likely N-dealkylation sites (tertiary alicyclic amines) is 1. The number of thiazole rings is 1. The van der Waals surface area contributed by atoms with E-state index in [4.69, 9.17) is 19.4 Å². The largest absolute Gasteiger partial charge is 0.489 e. The molecule has 0 saturated carbocycles. The Morgan fingerprint density at radius 3 is 2.68 bits per heavy atom. The number of nitrogens with one attached hydrogen (secondary N) is 1. The number of benzene rings is 1. The molecule has 2 fully saturated rings. The molecular formula is C32H36N8O3S. The first kappa shape index (κ1) is 28.6. The predicted octanol–water partition coefficient (Wildman–Crippen LogP) is 4.96. The molecule has 0 aliphatic carbocycles. The third-order valence-corrected chi connectivity index (χ3v) is 9.00. The van der Waals surface area contributed by atoms with Crippen molar-refractivity contribution in [3.63, 3.8) is 0 Å². The Hall–Kier alpha value is -4.13. The molecule has 2 aliphatic heterocycles. The van der Waals surface area contributed by atoms with Gasteiger partial charge in [-0.05, 0) is 75.5 Å².